The van der Waals surface area contributed by atoms with Crippen molar-refractivity contribution in [2.75, 3.05) is 20.8 Å². The maximum atomic E-state index is 13.5. The molecule has 0 spiro atoms. The summed E-state index contributed by atoms with van der Waals surface area (Å²) in [6, 6.07) is 13.1. The van der Waals surface area contributed by atoms with Gasteiger partial charge in [0.15, 0.2) is 18.2 Å². The summed E-state index contributed by atoms with van der Waals surface area (Å²) < 4.78 is 29.0. The summed E-state index contributed by atoms with van der Waals surface area (Å²) in [7, 11) is 3.16. The predicted octanol–water partition coefficient (Wildman–Crippen LogP) is 2.92. The minimum atomic E-state index is -0.519. The molecule has 0 saturated carbocycles. The normalized spacial score (nSPS) is 10.5. The number of amides is 1. The highest BCUT2D eigenvalue weighted by Crippen LogP contribution is 2.20. The smallest absolute Gasteiger partial charge is 0.260 e. The van der Waals surface area contributed by atoms with Crippen molar-refractivity contribution in [3.8, 4) is 22.9 Å². The van der Waals surface area contributed by atoms with E-state index in [1.807, 2.05) is 12.1 Å². The van der Waals surface area contributed by atoms with Crippen LogP contribution in [0.4, 0.5) is 4.39 Å². The molecule has 0 aliphatic carbocycles. The standard InChI is InChI=1S/C19H18FN3O4/c1-23(18(24)12-26-16-6-4-3-5-15(16)20)11-17-21-19(22-27-17)13-7-9-14(25-2)10-8-13/h3-10H,11-12H2,1-2H3. The van der Waals surface area contributed by atoms with E-state index in [0.29, 0.717) is 5.82 Å². The number of likely N-dealkylation sites (N-methyl/N-ethyl adjacent to an activating group) is 1. The highest BCUT2D eigenvalue weighted by molar-refractivity contribution is 5.77. The van der Waals surface area contributed by atoms with Crippen molar-refractivity contribution in [2.45, 2.75) is 6.54 Å². The van der Waals surface area contributed by atoms with Crippen molar-refractivity contribution in [3.05, 3.63) is 60.2 Å². The van der Waals surface area contributed by atoms with E-state index in [1.54, 1.807) is 38.4 Å². The average Bonchev–Trinajstić information content (AvgIpc) is 3.15. The number of nitrogens with zero attached hydrogens (tertiary/aromatic N) is 3. The van der Waals surface area contributed by atoms with Crippen LogP contribution in [0.25, 0.3) is 11.4 Å². The lowest BCUT2D eigenvalue weighted by molar-refractivity contribution is -0.132. The molecule has 0 aliphatic heterocycles. The van der Waals surface area contributed by atoms with E-state index in [-0.39, 0.29) is 30.7 Å². The second-order valence-corrected chi connectivity index (χ2v) is 5.71. The molecule has 140 valence electrons. The molecule has 3 aromatic rings. The van der Waals surface area contributed by atoms with Crippen LogP contribution in [-0.4, -0.2) is 41.7 Å². The van der Waals surface area contributed by atoms with Gasteiger partial charge >= 0.3 is 0 Å². The first-order valence-electron chi connectivity index (χ1n) is 8.15. The number of carbonyl (C=O) groups excluding carboxylic acids is 1. The minimum absolute atomic E-state index is 0.0267. The zero-order valence-electron chi connectivity index (χ0n) is 14.9. The number of ether oxygens (including phenoxy) is 2. The fourth-order valence-corrected chi connectivity index (χ4v) is 2.28. The number of rotatable bonds is 7. The van der Waals surface area contributed by atoms with Gasteiger partial charge in [-0.25, -0.2) is 4.39 Å². The second-order valence-electron chi connectivity index (χ2n) is 5.71. The van der Waals surface area contributed by atoms with Gasteiger partial charge in [-0.2, -0.15) is 4.98 Å². The van der Waals surface area contributed by atoms with E-state index in [2.05, 4.69) is 10.1 Å². The largest absolute Gasteiger partial charge is 0.497 e. The Morgan fingerprint density at radius 2 is 1.93 bits per heavy atom. The molecular weight excluding hydrogens is 353 g/mol. The molecule has 8 heteroatoms. The van der Waals surface area contributed by atoms with E-state index in [4.69, 9.17) is 14.0 Å². The molecule has 0 radical (unpaired) electrons. The van der Waals surface area contributed by atoms with Crippen molar-refractivity contribution in [2.24, 2.45) is 0 Å². The zero-order chi connectivity index (χ0) is 19.2. The quantitative estimate of drug-likeness (QED) is 0.636. The van der Waals surface area contributed by atoms with Crippen LogP contribution in [0.3, 0.4) is 0 Å². The molecule has 1 amide bonds. The molecule has 0 bridgehead atoms. The summed E-state index contributed by atoms with van der Waals surface area (Å²) in [5, 5.41) is 3.91. The second kappa shape index (κ2) is 8.31. The summed E-state index contributed by atoms with van der Waals surface area (Å²) in [6.07, 6.45) is 0. The number of methoxy groups -OCH3 is 1. The van der Waals surface area contributed by atoms with E-state index in [9.17, 15) is 9.18 Å². The van der Waals surface area contributed by atoms with Gasteiger partial charge < -0.3 is 18.9 Å². The number of aromatic nitrogens is 2. The number of para-hydroxylation sites is 1. The van der Waals surface area contributed by atoms with Crippen LogP contribution in [-0.2, 0) is 11.3 Å². The van der Waals surface area contributed by atoms with Gasteiger partial charge in [0, 0.05) is 12.6 Å². The molecular formula is C19H18FN3O4. The predicted molar refractivity (Wildman–Crippen MR) is 94.7 cm³/mol. The third-order valence-corrected chi connectivity index (χ3v) is 3.80. The summed E-state index contributed by atoms with van der Waals surface area (Å²) in [6.45, 7) is -0.181. The highest BCUT2D eigenvalue weighted by atomic mass is 19.1. The Morgan fingerprint density at radius 1 is 1.19 bits per heavy atom. The topological polar surface area (TPSA) is 77.7 Å². The molecule has 0 N–H and O–H groups in total. The van der Waals surface area contributed by atoms with E-state index >= 15 is 0 Å². The van der Waals surface area contributed by atoms with Gasteiger partial charge in [0.05, 0.1) is 13.7 Å². The molecule has 0 fully saturated rings. The molecule has 2 aromatic carbocycles. The average molecular weight is 371 g/mol. The third kappa shape index (κ3) is 4.60. The Balaban J connectivity index is 1.57. The summed E-state index contributed by atoms with van der Waals surface area (Å²) >= 11 is 0. The molecule has 0 atom stereocenters. The Morgan fingerprint density at radius 3 is 2.63 bits per heavy atom. The molecule has 7 nitrogen and oxygen atoms in total. The minimum Gasteiger partial charge on any atom is -0.497 e. The fourth-order valence-electron chi connectivity index (χ4n) is 2.28. The SMILES string of the molecule is COc1ccc(-c2noc(CN(C)C(=O)COc3ccccc3F)n2)cc1. The molecule has 0 unspecified atom stereocenters. The van der Waals surface area contributed by atoms with Crippen molar-refractivity contribution in [1.29, 1.82) is 0 Å². The molecule has 3 rings (SSSR count). The van der Waals surface area contributed by atoms with Crippen LogP contribution >= 0.6 is 0 Å². The molecule has 0 aliphatic rings. The van der Waals surface area contributed by atoms with Crippen molar-refractivity contribution in [3.63, 3.8) is 0 Å². The maximum absolute atomic E-state index is 13.5. The molecule has 27 heavy (non-hydrogen) atoms. The number of hydrogen-bond acceptors (Lipinski definition) is 6. The van der Waals surface area contributed by atoms with Gasteiger partial charge in [0.1, 0.15) is 5.75 Å². The van der Waals surface area contributed by atoms with Gasteiger partial charge in [-0.15, -0.1) is 0 Å². The molecule has 1 aromatic heterocycles. The number of carbonyl (C=O) groups is 1. The van der Waals surface area contributed by atoms with Gasteiger partial charge in [0.2, 0.25) is 11.7 Å². The first-order chi connectivity index (χ1) is 13.1. The van der Waals surface area contributed by atoms with Crippen LogP contribution in [0, 0.1) is 5.82 Å². The zero-order valence-corrected chi connectivity index (χ0v) is 14.9. The number of hydrogen-bond donors (Lipinski definition) is 0. The summed E-state index contributed by atoms with van der Waals surface area (Å²) in [4.78, 5) is 17.8. The monoisotopic (exact) mass is 371 g/mol. The van der Waals surface area contributed by atoms with Gasteiger partial charge in [-0.1, -0.05) is 17.3 Å². The van der Waals surface area contributed by atoms with Crippen LogP contribution < -0.4 is 9.47 Å². The van der Waals surface area contributed by atoms with E-state index < -0.39 is 5.82 Å². The van der Waals surface area contributed by atoms with Crippen LogP contribution in [0.2, 0.25) is 0 Å². The Hall–Kier alpha value is -3.42. The Bertz CT molecular complexity index is 911. The van der Waals surface area contributed by atoms with Gasteiger partial charge in [-0.3, -0.25) is 4.79 Å². The van der Waals surface area contributed by atoms with Crippen LogP contribution in [0.1, 0.15) is 5.89 Å². The summed E-state index contributed by atoms with van der Waals surface area (Å²) in [5.74, 6) is 0.580. The van der Waals surface area contributed by atoms with Crippen LogP contribution in [0.15, 0.2) is 53.1 Å². The van der Waals surface area contributed by atoms with Crippen molar-refractivity contribution in [1.82, 2.24) is 15.0 Å². The number of halogens is 1. The number of benzene rings is 2. The fraction of sp³-hybridized carbons (Fsp3) is 0.211. The third-order valence-electron chi connectivity index (χ3n) is 3.80. The van der Waals surface area contributed by atoms with E-state index in [1.165, 1.54) is 17.0 Å². The Labute approximate surface area is 155 Å². The van der Waals surface area contributed by atoms with Crippen LogP contribution in [0.5, 0.6) is 11.5 Å². The Kier molecular flexibility index (Phi) is 5.65. The first-order valence-corrected chi connectivity index (χ1v) is 8.15. The highest BCUT2D eigenvalue weighted by Gasteiger charge is 2.16. The molecule has 1 heterocycles. The molecule has 0 saturated heterocycles. The van der Waals surface area contributed by atoms with Gasteiger partial charge in [0.25, 0.3) is 5.91 Å². The lowest BCUT2D eigenvalue weighted by atomic mass is 10.2. The van der Waals surface area contributed by atoms with E-state index in [0.717, 1.165) is 11.3 Å². The first kappa shape index (κ1) is 18.4. The van der Waals surface area contributed by atoms with Crippen molar-refractivity contribution < 1.29 is 23.2 Å². The maximum Gasteiger partial charge on any atom is 0.260 e. The lowest BCUT2D eigenvalue weighted by Crippen LogP contribution is -2.31. The summed E-state index contributed by atoms with van der Waals surface area (Å²) in [5.41, 5.74) is 0.766. The lowest BCUT2D eigenvalue weighted by Gasteiger charge is -2.15. The van der Waals surface area contributed by atoms with Crippen molar-refractivity contribution >= 4 is 5.91 Å². The van der Waals surface area contributed by atoms with Gasteiger partial charge in [-0.05, 0) is 36.4 Å².